The van der Waals surface area contributed by atoms with Gasteiger partial charge in [0.1, 0.15) is 11.6 Å². The van der Waals surface area contributed by atoms with Crippen molar-refractivity contribution in [2.45, 2.75) is 12.3 Å². The van der Waals surface area contributed by atoms with Crippen LogP contribution in [0.2, 0.25) is 0 Å². The SMILES string of the molecule is COc1ccc(C(Cl)c2ccc(Br)cc2F)c(C)c1. The Labute approximate surface area is 125 Å². The zero-order valence-corrected chi connectivity index (χ0v) is 12.9. The highest BCUT2D eigenvalue weighted by molar-refractivity contribution is 9.10. The van der Waals surface area contributed by atoms with Gasteiger partial charge in [0.05, 0.1) is 12.5 Å². The molecule has 0 aromatic heterocycles. The van der Waals surface area contributed by atoms with Crippen LogP contribution in [0.15, 0.2) is 40.9 Å². The summed E-state index contributed by atoms with van der Waals surface area (Å²) in [5.41, 5.74) is 2.32. The number of benzene rings is 2. The predicted octanol–water partition coefficient (Wildman–Crippen LogP) is 5.23. The van der Waals surface area contributed by atoms with E-state index in [2.05, 4.69) is 15.9 Å². The summed E-state index contributed by atoms with van der Waals surface area (Å²) >= 11 is 9.63. The summed E-state index contributed by atoms with van der Waals surface area (Å²) in [6.07, 6.45) is 0. The molecule has 1 nitrogen and oxygen atoms in total. The van der Waals surface area contributed by atoms with Crippen LogP contribution in [0.1, 0.15) is 22.1 Å². The number of hydrogen-bond donors (Lipinski definition) is 0. The average molecular weight is 344 g/mol. The van der Waals surface area contributed by atoms with Crippen molar-refractivity contribution >= 4 is 27.5 Å². The van der Waals surface area contributed by atoms with Gasteiger partial charge in [-0.2, -0.15) is 0 Å². The van der Waals surface area contributed by atoms with E-state index in [0.717, 1.165) is 16.9 Å². The molecule has 1 atom stereocenters. The monoisotopic (exact) mass is 342 g/mol. The highest BCUT2D eigenvalue weighted by Gasteiger charge is 2.17. The van der Waals surface area contributed by atoms with Gasteiger partial charge in [-0.3, -0.25) is 0 Å². The fourth-order valence-electron chi connectivity index (χ4n) is 1.93. The minimum absolute atomic E-state index is 0.315. The predicted molar refractivity (Wildman–Crippen MR) is 79.5 cm³/mol. The third-order valence-corrected chi connectivity index (χ3v) is 3.95. The van der Waals surface area contributed by atoms with Crippen LogP contribution in [0.4, 0.5) is 4.39 Å². The summed E-state index contributed by atoms with van der Waals surface area (Å²) < 4.78 is 19.8. The van der Waals surface area contributed by atoms with Gasteiger partial charge < -0.3 is 4.74 Å². The van der Waals surface area contributed by atoms with Gasteiger partial charge in [0.2, 0.25) is 0 Å². The first-order chi connectivity index (χ1) is 9.02. The van der Waals surface area contributed by atoms with E-state index in [9.17, 15) is 4.39 Å². The molecular weight excluding hydrogens is 331 g/mol. The van der Waals surface area contributed by atoms with E-state index in [4.69, 9.17) is 16.3 Å². The van der Waals surface area contributed by atoms with Crippen molar-refractivity contribution in [2.24, 2.45) is 0 Å². The molecule has 2 aromatic rings. The molecule has 0 bridgehead atoms. The minimum Gasteiger partial charge on any atom is -0.497 e. The van der Waals surface area contributed by atoms with Crippen LogP contribution < -0.4 is 4.74 Å². The molecule has 0 aliphatic carbocycles. The second-order valence-corrected chi connectivity index (χ2v) is 5.60. The van der Waals surface area contributed by atoms with Gasteiger partial charge in [-0.25, -0.2) is 4.39 Å². The average Bonchev–Trinajstić information content (AvgIpc) is 2.37. The van der Waals surface area contributed by atoms with Crippen molar-refractivity contribution in [1.82, 2.24) is 0 Å². The Kier molecular flexibility index (Phi) is 4.48. The lowest BCUT2D eigenvalue weighted by Gasteiger charge is -2.15. The number of alkyl halides is 1. The van der Waals surface area contributed by atoms with Gasteiger partial charge >= 0.3 is 0 Å². The van der Waals surface area contributed by atoms with Gasteiger partial charge in [0.25, 0.3) is 0 Å². The van der Waals surface area contributed by atoms with E-state index in [1.54, 1.807) is 19.2 Å². The number of methoxy groups -OCH3 is 1. The van der Waals surface area contributed by atoms with E-state index in [1.807, 2.05) is 25.1 Å². The Hall–Kier alpha value is -1.06. The topological polar surface area (TPSA) is 9.23 Å². The van der Waals surface area contributed by atoms with Crippen LogP contribution in [-0.4, -0.2) is 7.11 Å². The van der Waals surface area contributed by atoms with Crippen molar-refractivity contribution in [1.29, 1.82) is 0 Å². The van der Waals surface area contributed by atoms with Gasteiger partial charge in [-0.05, 0) is 42.3 Å². The largest absolute Gasteiger partial charge is 0.497 e. The maximum absolute atomic E-state index is 13.9. The lowest BCUT2D eigenvalue weighted by Crippen LogP contribution is -2.00. The molecule has 0 aliphatic heterocycles. The standard InChI is InChI=1S/C15H13BrClFO/c1-9-7-11(19-2)4-6-12(9)15(17)13-5-3-10(16)8-14(13)18/h3-8,15H,1-2H3. The molecule has 19 heavy (non-hydrogen) atoms. The summed E-state index contributed by atoms with van der Waals surface area (Å²) in [4.78, 5) is 0. The van der Waals surface area contributed by atoms with Crippen LogP contribution in [0.5, 0.6) is 5.75 Å². The van der Waals surface area contributed by atoms with Gasteiger partial charge in [0, 0.05) is 10.0 Å². The summed E-state index contributed by atoms with van der Waals surface area (Å²) in [6, 6.07) is 10.5. The third-order valence-electron chi connectivity index (χ3n) is 2.99. The zero-order chi connectivity index (χ0) is 14.0. The van der Waals surface area contributed by atoms with Crippen molar-refractivity contribution in [3.05, 3.63) is 63.4 Å². The van der Waals surface area contributed by atoms with Crippen LogP contribution in [-0.2, 0) is 0 Å². The van der Waals surface area contributed by atoms with Gasteiger partial charge in [-0.15, -0.1) is 11.6 Å². The number of rotatable bonds is 3. The molecule has 0 N–H and O–H groups in total. The number of ether oxygens (including phenoxy) is 1. The third kappa shape index (κ3) is 3.10. The minimum atomic E-state index is -0.515. The number of aryl methyl sites for hydroxylation is 1. The molecule has 0 saturated carbocycles. The molecule has 2 aromatic carbocycles. The summed E-state index contributed by atoms with van der Waals surface area (Å²) in [6.45, 7) is 1.93. The van der Waals surface area contributed by atoms with E-state index in [-0.39, 0.29) is 5.82 Å². The molecule has 1 unspecified atom stereocenters. The maximum Gasteiger partial charge on any atom is 0.129 e. The first-order valence-electron chi connectivity index (χ1n) is 5.76. The number of hydrogen-bond acceptors (Lipinski definition) is 1. The van der Waals surface area contributed by atoms with E-state index in [1.165, 1.54) is 6.07 Å². The molecule has 0 radical (unpaired) electrons. The quantitative estimate of drug-likeness (QED) is 0.693. The summed E-state index contributed by atoms with van der Waals surface area (Å²) in [7, 11) is 1.61. The van der Waals surface area contributed by atoms with Crippen molar-refractivity contribution in [3.63, 3.8) is 0 Å². The Morgan fingerprint density at radius 3 is 2.42 bits per heavy atom. The molecule has 0 aliphatic rings. The molecule has 4 heteroatoms. The van der Waals surface area contributed by atoms with E-state index in [0.29, 0.717) is 10.0 Å². The first-order valence-corrected chi connectivity index (χ1v) is 6.99. The van der Waals surface area contributed by atoms with E-state index >= 15 is 0 Å². The summed E-state index contributed by atoms with van der Waals surface area (Å²) in [5.74, 6) is 0.450. The normalized spacial score (nSPS) is 12.3. The smallest absolute Gasteiger partial charge is 0.129 e. The van der Waals surface area contributed by atoms with E-state index < -0.39 is 5.38 Å². The zero-order valence-electron chi connectivity index (χ0n) is 10.6. The van der Waals surface area contributed by atoms with Crippen molar-refractivity contribution < 1.29 is 9.13 Å². The van der Waals surface area contributed by atoms with Crippen molar-refractivity contribution in [2.75, 3.05) is 7.11 Å². The molecule has 0 saturated heterocycles. The molecule has 0 fully saturated rings. The summed E-state index contributed by atoms with van der Waals surface area (Å²) in [5, 5.41) is -0.515. The lowest BCUT2D eigenvalue weighted by atomic mass is 9.99. The Morgan fingerprint density at radius 1 is 1.16 bits per heavy atom. The highest BCUT2D eigenvalue weighted by Crippen LogP contribution is 2.34. The first kappa shape index (κ1) is 14.4. The fourth-order valence-corrected chi connectivity index (χ4v) is 2.69. The molecule has 0 heterocycles. The molecule has 100 valence electrons. The maximum atomic E-state index is 13.9. The van der Waals surface area contributed by atoms with Gasteiger partial charge in [-0.1, -0.05) is 28.1 Å². The molecular formula is C15H13BrClFO. The van der Waals surface area contributed by atoms with Gasteiger partial charge in [0.15, 0.2) is 0 Å². The lowest BCUT2D eigenvalue weighted by molar-refractivity contribution is 0.414. The second-order valence-electron chi connectivity index (χ2n) is 4.25. The molecule has 0 amide bonds. The van der Waals surface area contributed by atoms with Crippen LogP contribution in [0, 0.1) is 12.7 Å². The Morgan fingerprint density at radius 2 is 1.84 bits per heavy atom. The van der Waals surface area contributed by atoms with Crippen molar-refractivity contribution in [3.8, 4) is 5.75 Å². The number of halogens is 3. The Bertz CT molecular complexity index is 601. The fraction of sp³-hybridized carbons (Fsp3) is 0.200. The van der Waals surface area contributed by atoms with Crippen LogP contribution in [0.3, 0.4) is 0 Å². The molecule has 0 spiro atoms. The highest BCUT2D eigenvalue weighted by atomic mass is 79.9. The van der Waals surface area contributed by atoms with Crippen LogP contribution >= 0.6 is 27.5 Å². The Balaban J connectivity index is 2.41. The van der Waals surface area contributed by atoms with Crippen LogP contribution in [0.25, 0.3) is 0 Å². The second kappa shape index (κ2) is 5.93. The molecule has 2 rings (SSSR count).